The van der Waals surface area contributed by atoms with Gasteiger partial charge in [-0.2, -0.15) is 0 Å². The Bertz CT molecular complexity index is 286. The average Bonchev–Trinajstić information content (AvgIpc) is 2.04. The quantitative estimate of drug-likeness (QED) is 0.885. The SMILES string of the molecule is COCC(C)(N)c1cccc(Br)c1. The zero-order valence-electron chi connectivity index (χ0n) is 7.88. The summed E-state index contributed by atoms with van der Waals surface area (Å²) in [6, 6.07) is 7.97. The molecule has 0 fully saturated rings. The van der Waals surface area contributed by atoms with Gasteiger partial charge in [0.15, 0.2) is 0 Å². The van der Waals surface area contributed by atoms with Crippen LogP contribution in [0, 0.1) is 0 Å². The predicted octanol–water partition coefficient (Wildman–Crippen LogP) is 2.27. The number of benzene rings is 1. The Balaban J connectivity index is 2.93. The molecule has 0 amide bonds. The summed E-state index contributed by atoms with van der Waals surface area (Å²) >= 11 is 3.41. The first-order valence-corrected chi connectivity index (χ1v) is 4.89. The highest BCUT2D eigenvalue weighted by molar-refractivity contribution is 9.10. The van der Waals surface area contributed by atoms with E-state index in [4.69, 9.17) is 10.5 Å². The van der Waals surface area contributed by atoms with Crippen molar-refractivity contribution in [2.75, 3.05) is 13.7 Å². The normalized spacial score (nSPS) is 15.4. The van der Waals surface area contributed by atoms with Gasteiger partial charge in [0.2, 0.25) is 0 Å². The number of hydrogen-bond donors (Lipinski definition) is 1. The van der Waals surface area contributed by atoms with Crippen LogP contribution in [0.2, 0.25) is 0 Å². The average molecular weight is 244 g/mol. The Morgan fingerprint density at radius 1 is 1.54 bits per heavy atom. The molecule has 1 aromatic carbocycles. The second-order valence-electron chi connectivity index (χ2n) is 3.36. The van der Waals surface area contributed by atoms with Gasteiger partial charge < -0.3 is 10.5 Å². The van der Waals surface area contributed by atoms with Gasteiger partial charge in [-0.05, 0) is 24.6 Å². The molecule has 2 nitrogen and oxygen atoms in total. The summed E-state index contributed by atoms with van der Waals surface area (Å²) in [5, 5.41) is 0. The van der Waals surface area contributed by atoms with Crippen LogP contribution in [0.5, 0.6) is 0 Å². The van der Waals surface area contributed by atoms with Crippen molar-refractivity contribution in [1.82, 2.24) is 0 Å². The lowest BCUT2D eigenvalue weighted by Gasteiger charge is -2.24. The maximum atomic E-state index is 6.07. The van der Waals surface area contributed by atoms with Crippen LogP contribution in [0.15, 0.2) is 28.7 Å². The van der Waals surface area contributed by atoms with Crippen LogP contribution in [0.25, 0.3) is 0 Å². The predicted molar refractivity (Wildman–Crippen MR) is 57.6 cm³/mol. The number of methoxy groups -OCH3 is 1. The van der Waals surface area contributed by atoms with E-state index in [2.05, 4.69) is 15.9 Å². The third kappa shape index (κ3) is 2.79. The zero-order valence-corrected chi connectivity index (χ0v) is 9.47. The fourth-order valence-corrected chi connectivity index (χ4v) is 1.63. The monoisotopic (exact) mass is 243 g/mol. The van der Waals surface area contributed by atoms with E-state index >= 15 is 0 Å². The van der Waals surface area contributed by atoms with Gasteiger partial charge in [0.1, 0.15) is 0 Å². The first kappa shape index (κ1) is 10.7. The Hall–Kier alpha value is -0.380. The second-order valence-corrected chi connectivity index (χ2v) is 4.28. The number of hydrogen-bond acceptors (Lipinski definition) is 2. The largest absolute Gasteiger partial charge is 0.382 e. The lowest BCUT2D eigenvalue weighted by molar-refractivity contribution is 0.141. The summed E-state index contributed by atoms with van der Waals surface area (Å²) in [4.78, 5) is 0. The summed E-state index contributed by atoms with van der Waals surface area (Å²) in [5.41, 5.74) is 6.73. The molecule has 0 radical (unpaired) electrons. The molecule has 3 heteroatoms. The summed E-state index contributed by atoms with van der Waals surface area (Å²) in [6.07, 6.45) is 0. The molecule has 0 spiro atoms. The van der Waals surface area contributed by atoms with Crippen LogP contribution in [0.3, 0.4) is 0 Å². The van der Waals surface area contributed by atoms with Gasteiger partial charge >= 0.3 is 0 Å². The van der Waals surface area contributed by atoms with Crippen molar-refractivity contribution in [3.63, 3.8) is 0 Å². The molecule has 1 rings (SSSR count). The van der Waals surface area contributed by atoms with Gasteiger partial charge in [-0.1, -0.05) is 28.1 Å². The molecule has 2 N–H and O–H groups in total. The first-order chi connectivity index (χ1) is 6.06. The lowest BCUT2D eigenvalue weighted by Crippen LogP contribution is -2.37. The van der Waals surface area contributed by atoms with E-state index in [1.807, 2.05) is 31.2 Å². The molecule has 13 heavy (non-hydrogen) atoms. The van der Waals surface area contributed by atoms with E-state index in [9.17, 15) is 0 Å². The maximum absolute atomic E-state index is 6.07. The van der Waals surface area contributed by atoms with E-state index in [0.29, 0.717) is 6.61 Å². The molecule has 0 saturated heterocycles. The summed E-state index contributed by atoms with van der Waals surface area (Å²) < 4.78 is 6.10. The highest BCUT2D eigenvalue weighted by Crippen LogP contribution is 2.21. The number of nitrogens with two attached hydrogens (primary N) is 1. The van der Waals surface area contributed by atoms with Crippen LogP contribution >= 0.6 is 15.9 Å². The second kappa shape index (κ2) is 4.22. The van der Waals surface area contributed by atoms with Gasteiger partial charge in [-0.15, -0.1) is 0 Å². The molecule has 0 bridgehead atoms. The third-order valence-corrected chi connectivity index (χ3v) is 2.42. The van der Waals surface area contributed by atoms with E-state index < -0.39 is 5.54 Å². The Labute approximate surface area is 87.2 Å². The van der Waals surface area contributed by atoms with Gasteiger partial charge in [0, 0.05) is 11.6 Å². The third-order valence-electron chi connectivity index (χ3n) is 1.93. The topological polar surface area (TPSA) is 35.2 Å². The van der Waals surface area contributed by atoms with E-state index in [1.165, 1.54) is 0 Å². The molecule has 0 aliphatic rings. The Kier molecular flexibility index (Phi) is 3.47. The highest BCUT2D eigenvalue weighted by Gasteiger charge is 2.20. The van der Waals surface area contributed by atoms with Gasteiger partial charge in [-0.3, -0.25) is 0 Å². The van der Waals surface area contributed by atoms with Crippen molar-refractivity contribution in [3.8, 4) is 0 Å². The number of rotatable bonds is 3. The van der Waals surface area contributed by atoms with E-state index in [1.54, 1.807) is 7.11 Å². The molecular weight excluding hydrogens is 230 g/mol. The smallest absolute Gasteiger partial charge is 0.0681 e. The fourth-order valence-electron chi connectivity index (χ4n) is 1.23. The summed E-state index contributed by atoms with van der Waals surface area (Å²) in [7, 11) is 1.66. The zero-order chi connectivity index (χ0) is 9.90. The molecule has 1 aromatic rings. The standard InChI is InChI=1S/C10H14BrNO/c1-10(12,7-13-2)8-4-3-5-9(11)6-8/h3-6H,7,12H2,1-2H3. The van der Waals surface area contributed by atoms with Crippen LogP contribution < -0.4 is 5.73 Å². The summed E-state index contributed by atoms with van der Waals surface area (Å²) in [5.74, 6) is 0. The van der Waals surface area contributed by atoms with Crippen LogP contribution in [-0.4, -0.2) is 13.7 Å². The molecule has 1 atom stereocenters. The van der Waals surface area contributed by atoms with Crippen molar-refractivity contribution >= 4 is 15.9 Å². The highest BCUT2D eigenvalue weighted by atomic mass is 79.9. The van der Waals surface area contributed by atoms with E-state index in [-0.39, 0.29) is 0 Å². The fraction of sp³-hybridized carbons (Fsp3) is 0.400. The van der Waals surface area contributed by atoms with Crippen molar-refractivity contribution in [1.29, 1.82) is 0 Å². The van der Waals surface area contributed by atoms with Crippen LogP contribution in [0.1, 0.15) is 12.5 Å². The minimum absolute atomic E-state index is 0.418. The van der Waals surface area contributed by atoms with Gasteiger partial charge in [-0.25, -0.2) is 0 Å². The van der Waals surface area contributed by atoms with Crippen molar-refractivity contribution < 1.29 is 4.74 Å². The lowest BCUT2D eigenvalue weighted by atomic mass is 9.94. The number of ether oxygens (including phenoxy) is 1. The molecule has 0 saturated carbocycles. The van der Waals surface area contributed by atoms with Gasteiger partial charge in [0.25, 0.3) is 0 Å². The van der Waals surface area contributed by atoms with Crippen molar-refractivity contribution in [2.24, 2.45) is 5.73 Å². The molecule has 0 heterocycles. The van der Waals surface area contributed by atoms with Crippen LogP contribution in [0.4, 0.5) is 0 Å². The van der Waals surface area contributed by atoms with Crippen LogP contribution in [-0.2, 0) is 10.3 Å². The first-order valence-electron chi connectivity index (χ1n) is 4.10. The Morgan fingerprint density at radius 2 is 2.23 bits per heavy atom. The Morgan fingerprint density at radius 3 is 2.77 bits per heavy atom. The minimum Gasteiger partial charge on any atom is -0.382 e. The molecule has 0 aromatic heterocycles. The number of halogens is 1. The summed E-state index contributed by atoms with van der Waals surface area (Å²) in [6.45, 7) is 2.47. The molecule has 72 valence electrons. The maximum Gasteiger partial charge on any atom is 0.0681 e. The molecule has 0 aliphatic heterocycles. The minimum atomic E-state index is -0.418. The van der Waals surface area contributed by atoms with Crippen molar-refractivity contribution in [2.45, 2.75) is 12.5 Å². The molecule has 1 unspecified atom stereocenters. The van der Waals surface area contributed by atoms with Crippen molar-refractivity contribution in [3.05, 3.63) is 34.3 Å². The van der Waals surface area contributed by atoms with Gasteiger partial charge in [0.05, 0.1) is 12.1 Å². The molecule has 0 aliphatic carbocycles. The van der Waals surface area contributed by atoms with E-state index in [0.717, 1.165) is 10.0 Å². The molecular formula is C10H14BrNO.